The van der Waals surface area contributed by atoms with Crippen molar-refractivity contribution in [2.24, 2.45) is 5.92 Å². The molecule has 98 valence electrons. The summed E-state index contributed by atoms with van der Waals surface area (Å²) in [5.41, 5.74) is 3.94. The number of nitrogens with zero attached hydrogens (tertiary/aromatic N) is 2. The number of aryl methyl sites for hydroxylation is 1. The summed E-state index contributed by atoms with van der Waals surface area (Å²) in [4.78, 5) is 19.1. The number of aldehydes is 1. The highest BCUT2D eigenvalue weighted by Gasteiger charge is 2.05. The molecule has 3 nitrogen and oxygen atoms in total. The number of rotatable bonds is 4. The largest absolute Gasteiger partial charge is 0.294 e. The monoisotopic (exact) mass is 254 g/mol. The summed E-state index contributed by atoms with van der Waals surface area (Å²) in [7, 11) is 0. The molecule has 0 bridgehead atoms. The first-order valence-corrected chi connectivity index (χ1v) is 6.48. The Hall–Kier alpha value is -2.03. The molecule has 2 aromatic rings. The van der Waals surface area contributed by atoms with Gasteiger partial charge in [-0.05, 0) is 30.9 Å². The van der Waals surface area contributed by atoms with Gasteiger partial charge >= 0.3 is 0 Å². The molecule has 0 spiro atoms. The van der Waals surface area contributed by atoms with E-state index >= 15 is 0 Å². The zero-order chi connectivity index (χ0) is 13.8. The van der Waals surface area contributed by atoms with Gasteiger partial charge < -0.3 is 0 Å². The molecule has 1 heterocycles. The van der Waals surface area contributed by atoms with E-state index in [0.29, 0.717) is 12.2 Å². The summed E-state index contributed by atoms with van der Waals surface area (Å²) in [5.74, 6) is 0.884. The molecule has 0 aliphatic carbocycles. The third kappa shape index (κ3) is 3.47. The smallest absolute Gasteiger partial charge is 0.193 e. The fraction of sp³-hybridized carbons (Fsp3) is 0.312. The Balaban J connectivity index is 2.31. The Labute approximate surface area is 113 Å². The Morgan fingerprint density at radius 2 is 1.84 bits per heavy atom. The number of benzene rings is 1. The highest BCUT2D eigenvalue weighted by Crippen LogP contribution is 2.19. The van der Waals surface area contributed by atoms with Gasteiger partial charge in [0.25, 0.3) is 0 Å². The van der Waals surface area contributed by atoms with Gasteiger partial charge in [0, 0.05) is 11.3 Å². The van der Waals surface area contributed by atoms with Crippen LogP contribution in [0.5, 0.6) is 0 Å². The lowest BCUT2D eigenvalue weighted by Gasteiger charge is -2.07. The van der Waals surface area contributed by atoms with E-state index in [2.05, 4.69) is 35.9 Å². The third-order valence-corrected chi connectivity index (χ3v) is 2.87. The highest BCUT2D eigenvalue weighted by atomic mass is 16.1. The van der Waals surface area contributed by atoms with Crippen LogP contribution < -0.4 is 0 Å². The molecule has 0 saturated carbocycles. The van der Waals surface area contributed by atoms with Crippen molar-refractivity contribution in [3.05, 3.63) is 47.4 Å². The maximum atomic E-state index is 10.8. The summed E-state index contributed by atoms with van der Waals surface area (Å²) < 4.78 is 0. The molecule has 0 radical (unpaired) electrons. The summed E-state index contributed by atoms with van der Waals surface area (Å²) in [5, 5.41) is 0. The molecule has 0 aliphatic rings. The average molecular weight is 254 g/mol. The van der Waals surface area contributed by atoms with E-state index in [0.717, 1.165) is 23.4 Å². The molecule has 0 unspecified atom stereocenters. The van der Waals surface area contributed by atoms with Crippen LogP contribution in [0.1, 0.15) is 35.7 Å². The van der Waals surface area contributed by atoms with E-state index in [1.807, 2.05) is 25.1 Å². The fourth-order valence-electron chi connectivity index (χ4n) is 2.08. The van der Waals surface area contributed by atoms with Gasteiger partial charge in [0.05, 0.1) is 5.69 Å². The lowest BCUT2D eigenvalue weighted by atomic mass is 10.0. The SMILES string of the molecule is Cc1cc(-c2ccc(CC(C)C)cc2)nc(C=O)n1. The molecule has 0 amide bonds. The number of hydrogen-bond acceptors (Lipinski definition) is 3. The Bertz CT molecular complexity index is 574. The molecule has 3 heteroatoms. The minimum atomic E-state index is 0.237. The van der Waals surface area contributed by atoms with Gasteiger partial charge in [-0.3, -0.25) is 4.79 Å². The van der Waals surface area contributed by atoms with Crippen LogP contribution in [-0.4, -0.2) is 16.3 Å². The second-order valence-corrected chi connectivity index (χ2v) is 5.17. The maximum absolute atomic E-state index is 10.8. The quantitative estimate of drug-likeness (QED) is 0.785. The molecule has 1 aromatic carbocycles. The minimum absolute atomic E-state index is 0.237. The van der Waals surface area contributed by atoms with Gasteiger partial charge in [-0.15, -0.1) is 0 Å². The molecule has 0 fully saturated rings. The lowest BCUT2D eigenvalue weighted by molar-refractivity contribution is 0.111. The van der Waals surface area contributed by atoms with Gasteiger partial charge in [0.15, 0.2) is 12.1 Å². The van der Waals surface area contributed by atoms with Crippen molar-refractivity contribution in [2.75, 3.05) is 0 Å². The van der Waals surface area contributed by atoms with Gasteiger partial charge in [0.1, 0.15) is 0 Å². The van der Waals surface area contributed by atoms with Crippen molar-refractivity contribution in [1.82, 2.24) is 9.97 Å². The maximum Gasteiger partial charge on any atom is 0.193 e. The Morgan fingerprint density at radius 3 is 2.42 bits per heavy atom. The first-order chi connectivity index (χ1) is 9.08. The zero-order valence-electron chi connectivity index (χ0n) is 11.6. The van der Waals surface area contributed by atoms with Gasteiger partial charge in [-0.1, -0.05) is 38.1 Å². The Kier molecular flexibility index (Phi) is 4.05. The van der Waals surface area contributed by atoms with Crippen molar-refractivity contribution < 1.29 is 4.79 Å². The van der Waals surface area contributed by atoms with E-state index in [-0.39, 0.29) is 5.82 Å². The summed E-state index contributed by atoms with van der Waals surface area (Å²) in [6.45, 7) is 6.28. The summed E-state index contributed by atoms with van der Waals surface area (Å²) in [6.07, 6.45) is 1.76. The average Bonchev–Trinajstić information content (AvgIpc) is 2.38. The molecule has 2 rings (SSSR count). The molecule has 1 aromatic heterocycles. The van der Waals surface area contributed by atoms with Crippen LogP contribution in [0.4, 0.5) is 0 Å². The van der Waals surface area contributed by atoms with Crippen LogP contribution in [0.15, 0.2) is 30.3 Å². The number of carbonyl (C=O) groups excluding carboxylic acids is 1. The van der Waals surface area contributed by atoms with Crippen molar-refractivity contribution in [3.8, 4) is 11.3 Å². The molecule has 0 atom stereocenters. The predicted molar refractivity (Wildman–Crippen MR) is 76.1 cm³/mol. The predicted octanol–water partition coefficient (Wildman–Crippen LogP) is 3.46. The van der Waals surface area contributed by atoms with Crippen LogP contribution in [0, 0.1) is 12.8 Å². The lowest BCUT2D eigenvalue weighted by Crippen LogP contribution is -1.98. The zero-order valence-corrected chi connectivity index (χ0v) is 11.6. The number of aromatic nitrogens is 2. The van der Waals surface area contributed by atoms with E-state index < -0.39 is 0 Å². The Morgan fingerprint density at radius 1 is 1.16 bits per heavy atom. The first-order valence-electron chi connectivity index (χ1n) is 6.48. The van der Waals surface area contributed by atoms with E-state index in [4.69, 9.17) is 0 Å². The second kappa shape index (κ2) is 5.74. The molecular weight excluding hydrogens is 236 g/mol. The molecular formula is C16H18N2O. The van der Waals surface area contributed by atoms with Crippen LogP contribution in [0.2, 0.25) is 0 Å². The molecule has 0 N–H and O–H groups in total. The van der Waals surface area contributed by atoms with Crippen molar-refractivity contribution in [3.63, 3.8) is 0 Å². The van der Waals surface area contributed by atoms with Gasteiger partial charge in [-0.25, -0.2) is 9.97 Å². The third-order valence-electron chi connectivity index (χ3n) is 2.87. The number of carbonyl (C=O) groups is 1. The normalized spacial score (nSPS) is 10.7. The van der Waals surface area contributed by atoms with E-state index in [1.165, 1.54) is 5.56 Å². The minimum Gasteiger partial charge on any atom is -0.294 e. The molecule has 0 aliphatic heterocycles. The van der Waals surface area contributed by atoms with Crippen LogP contribution >= 0.6 is 0 Å². The van der Waals surface area contributed by atoms with Gasteiger partial charge in [0.2, 0.25) is 0 Å². The first kappa shape index (κ1) is 13.4. The second-order valence-electron chi connectivity index (χ2n) is 5.17. The van der Waals surface area contributed by atoms with E-state index in [1.54, 1.807) is 0 Å². The van der Waals surface area contributed by atoms with Crippen molar-refractivity contribution in [1.29, 1.82) is 0 Å². The van der Waals surface area contributed by atoms with E-state index in [9.17, 15) is 4.79 Å². The topological polar surface area (TPSA) is 42.9 Å². The van der Waals surface area contributed by atoms with Crippen LogP contribution in [0.3, 0.4) is 0 Å². The number of hydrogen-bond donors (Lipinski definition) is 0. The van der Waals surface area contributed by atoms with Crippen molar-refractivity contribution >= 4 is 6.29 Å². The summed E-state index contributed by atoms with van der Waals surface area (Å²) >= 11 is 0. The standard InChI is InChI=1S/C16H18N2O/c1-11(2)8-13-4-6-14(7-5-13)15-9-12(3)17-16(10-19)18-15/h4-7,9-11H,8H2,1-3H3. The van der Waals surface area contributed by atoms with Gasteiger partial charge in [-0.2, -0.15) is 0 Å². The van der Waals surface area contributed by atoms with Crippen LogP contribution in [0.25, 0.3) is 11.3 Å². The van der Waals surface area contributed by atoms with Crippen molar-refractivity contribution in [2.45, 2.75) is 27.2 Å². The van der Waals surface area contributed by atoms with Crippen LogP contribution in [-0.2, 0) is 6.42 Å². The summed E-state index contributed by atoms with van der Waals surface area (Å²) in [6, 6.07) is 10.2. The molecule has 0 saturated heterocycles. The highest BCUT2D eigenvalue weighted by molar-refractivity contribution is 5.71. The fourth-order valence-corrected chi connectivity index (χ4v) is 2.08. The molecule has 19 heavy (non-hydrogen) atoms.